The van der Waals surface area contributed by atoms with Crippen LogP contribution in [0.3, 0.4) is 0 Å². The van der Waals surface area contributed by atoms with Gasteiger partial charge in [0.2, 0.25) is 0 Å². The normalized spacial score (nSPS) is 9.50. The van der Waals surface area contributed by atoms with Gasteiger partial charge in [0.25, 0.3) is 0 Å². The minimum absolute atomic E-state index is 0.196. The molecule has 0 aromatic carbocycles. The van der Waals surface area contributed by atoms with E-state index in [1.54, 1.807) is 6.20 Å². The van der Waals surface area contributed by atoms with Crippen LogP contribution in [0, 0.1) is 0 Å². The number of hydrogen-bond donors (Lipinski definition) is 2. The molecular formula is C9H13N3O2. The number of carbonyl (C=O) groups is 1. The molecule has 5 nitrogen and oxygen atoms in total. The van der Waals surface area contributed by atoms with Gasteiger partial charge in [-0.15, -0.1) is 0 Å². The average Bonchev–Trinajstić information content (AvgIpc) is 2.62. The number of nitrogens with zero attached hydrogens (tertiary/aromatic N) is 1. The summed E-state index contributed by atoms with van der Waals surface area (Å²) in [5.74, 6) is 0.585. The third kappa shape index (κ3) is 2.62. The molecule has 0 radical (unpaired) electrons. The van der Waals surface area contributed by atoms with Crippen molar-refractivity contribution in [2.24, 2.45) is 0 Å². The van der Waals surface area contributed by atoms with E-state index in [2.05, 4.69) is 22.1 Å². The molecule has 14 heavy (non-hydrogen) atoms. The van der Waals surface area contributed by atoms with Crippen molar-refractivity contribution in [1.29, 1.82) is 0 Å². The van der Waals surface area contributed by atoms with Crippen molar-refractivity contribution >= 4 is 11.9 Å². The van der Waals surface area contributed by atoms with E-state index in [1.165, 1.54) is 6.08 Å². The molecule has 0 aliphatic heterocycles. The van der Waals surface area contributed by atoms with Gasteiger partial charge in [0.1, 0.15) is 12.4 Å². The third-order valence-corrected chi connectivity index (χ3v) is 1.66. The highest BCUT2D eigenvalue weighted by molar-refractivity contribution is 5.84. The van der Waals surface area contributed by atoms with Crippen molar-refractivity contribution < 1.29 is 9.53 Å². The minimum Gasteiger partial charge on any atom is -0.445 e. The Hall–Kier alpha value is -1.78. The van der Waals surface area contributed by atoms with Crippen molar-refractivity contribution in [2.45, 2.75) is 13.3 Å². The van der Waals surface area contributed by atoms with Gasteiger partial charge in [0.05, 0.1) is 6.20 Å². The Balaban J connectivity index is 2.51. The SMILES string of the molecule is C=CCOC(=O)Nc1[nH]ncc1CC. The van der Waals surface area contributed by atoms with Crippen LogP contribution in [0.25, 0.3) is 0 Å². The lowest BCUT2D eigenvalue weighted by atomic mass is 10.2. The molecule has 0 aliphatic rings. The monoisotopic (exact) mass is 195 g/mol. The third-order valence-electron chi connectivity index (χ3n) is 1.66. The highest BCUT2D eigenvalue weighted by Gasteiger charge is 2.07. The molecule has 2 N–H and O–H groups in total. The van der Waals surface area contributed by atoms with Crippen LogP contribution < -0.4 is 5.32 Å². The molecule has 0 saturated carbocycles. The summed E-state index contributed by atoms with van der Waals surface area (Å²) in [6.07, 6.45) is 3.47. The van der Waals surface area contributed by atoms with Gasteiger partial charge in [0.15, 0.2) is 0 Å². The van der Waals surface area contributed by atoms with E-state index >= 15 is 0 Å². The van der Waals surface area contributed by atoms with Crippen molar-refractivity contribution in [3.8, 4) is 0 Å². The Morgan fingerprint density at radius 1 is 1.86 bits per heavy atom. The Morgan fingerprint density at radius 2 is 2.64 bits per heavy atom. The molecule has 0 spiro atoms. The highest BCUT2D eigenvalue weighted by atomic mass is 16.5. The average molecular weight is 195 g/mol. The molecule has 1 aromatic heterocycles. The molecule has 1 rings (SSSR count). The summed E-state index contributed by atoms with van der Waals surface area (Å²) in [6.45, 7) is 5.61. The second-order valence-electron chi connectivity index (χ2n) is 2.64. The van der Waals surface area contributed by atoms with Gasteiger partial charge in [-0.2, -0.15) is 5.10 Å². The molecular weight excluding hydrogens is 182 g/mol. The summed E-state index contributed by atoms with van der Waals surface area (Å²) >= 11 is 0. The fourth-order valence-corrected chi connectivity index (χ4v) is 0.960. The number of amides is 1. The van der Waals surface area contributed by atoms with Gasteiger partial charge in [-0.25, -0.2) is 4.79 Å². The summed E-state index contributed by atoms with van der Waals surface area (Å²) in [5, 5.41) is 9.04. The van der Waals surface area contributed by atoms with Gasteiger partial charge in [-0.1, -0.05) is 19.6 Å². The van der Waals surface area contributed by atoms with Crippen molar-refractivity contribution in [1.82, 2.24) is 10.2 Å². The van der Waals surface area contributed by atoms with Crippen molar-refractivity contribution in [2.75, 3.05) is 11.9 Å². The summed E-state index contributed by atoms with van der Waals surface area (Å²) in [6, 6.07) is 0. The van der Waals surface area contributed by atoms with Crippen molar-refractivity contribution in [3.63, 3.8) is 0 Å². The fourth-order valence-electron chi connectivity index (χ4n) is 0.960. The number of rotatable bonds is 4. The zero-order chi connectivity index (χ0) is 10.4. The molecule has 1 heterocycles. The van der Waals surface area contributed by atoms with Crippen LogP contribution in [0.1, 0.15) is 12.5 Å². The van der Waals surface area contributed by atoms with Crippen molar-refractivity contribution in [3.05, 3.63) is 24.4 Å². The number of nitrogens with one attached hydrogen (secondary N) is 2. The predicted molar refractivity (Wildman–Crippen MR) is 53.1 cm³/mol. The van der Waals surface area contributed by atoms with Gasteiger partial charge in [0, 0.05) is 5.56 Å². The van der Waals surface area contributed by atoms with E-state index in [0.29, 0.717) is 5.82 Å². The molecule has 1 aromatic rings. The number of ether oxygens (including phenoxy) is 1. The topological polar surface area (TPSA) is 67.0 Å². The first-order valence-electron chi connectivity index (χ1n) is 4.34. The second kappa shape index (κ2) is 5.06. The summed E-state index contributed by atoms with van der Waals surface area (Å²) in [4.78, 5) is 11.1. The van der Waals surface area contributed by atoms with E-state index in [1.807, 2.05) is 6.92 Å². The second-order valence-corrected chi connectivity index (χ2v) is 2.64. The highest BCUT2D eigenvalue weighted by Crippen LogP contribution is 2.11. The smallest absolute Gasteiger partial charge is 0.413 e. The minimum atomic E-state index is -0.510. The van der Waals surface area contributed by atoms with Crippen LogP contribution in [0.15, 0.2) is 18.9 Å². The molecule has 0 fully saturated rings. The molecule has 0 unspecified atom stereocenters. The standard InChI is InChI=1S/C9H13N3O2/c1-3-5-14-9(13)11-8-7(4-2)6-10-12-8/h3,6H,1,4-5H2,2H3,(H2,10,11,12,13). The van der Waals surface area contributed by atoms with E-state index in [4.69, 9.17) is 4.74 Å². The molecule has 5 heteroatoms. The van der Waals surface area contributed by atoms with E-state index in [-0.39, 0.29) is 6.61 Å². The van der Waals surface area contributed by atoms with Gasteiger partial charge < -0.3 is 4.74 Å². The quantitative estimate of drug-likeness (QED) is 0.718. The molecule has 0 bridgehead atoms. The molecule has 0 saturated heterocycles. The maximum Gasteiger partial charge on any atom is 0.413 e. The lowest BCUT2D eigenvalue weighted by Crippen LogP contribution is -2.14. The Labute approximate surface area is 82.2 Å². The van der Waals surface area contributed by atoms with E-state index in [0.717, 1.165) is 12.0 Å². The van der Waals surface area contributed by atoms with Gasteiger partial charge in [-0.3, -0.25) is 10.4 Å². The molecule has 0 atom stereocenters. The number of anilines is 1. The van der Waals surface area contributed by atoms with Crippen LogP contribution >= 0.6 is 0 Å². The van der Waals surface area contributed by atoms with Gasteiger partial charge >= 0.3 is 6.09 Å². The lowest BCUT2D eigenvalue weighted by molar-refractivity contribution is 0.174. The fraction of sp³-hybridized carbons (Fsp3) is 0.333. The number of aromatic amines is 1. The Kier molecular flexibility index (Phi) is 3.72. The summed E-state index contributed by atoms with van der Waals surface area (Å²) < 4.78 is 4.75. The predicted octanol–water partition coefficient (Wildman–Crippen LogP) is 1.71. The van der Waals surface area contributed by atoms with E-state index in [9.17, 15) is 4.79 Å². The number of carbonyl (C=O) groups excluding carboxylic acids is 1. The first kappa shape index (κ1) is 10.3. The van der Waals surface area contributed by atoms with Crippen LogP contribution in [-0.4, -0.2) is 22.9 Å². The molecule has 0 aliphatic carbocycles. The number of aromatic nitrogens is 2. The van der Waals surface area contributed by atoms with Crippen LogP contribution in [0.2, 0.25) is 0 Å². The number of hydrogen-bond acceptors (Lipinski definition) is 3. The van der Waals surface area contributed by atoms with Crippen LogP contribution in [0.5, 0.6) is 0 Å². The van der Waals surface area contributed by atoms with Crippen LogP contribution in [0.4, 0.5) is 10.6 Å². The number of aryl methyl sites for hydroxylation is 1. The Morgan fingerprint density at radius 3 is 3.29 bits per heavy atom. The molecule has 1 amide bonds. The number of H-pyrrole nitrogens is 1. The zero-order valence-electron chi connectivity index (χ0n) is 8.04. The first-order chi connectivity index (χ1) is 6.77. The van der Waals surface area contributed by atoms with Gasteiger partial charge in [-0.05, 0) is 6.42 Å². The maximum absolute atomic E-state index is 11.1. The maximum atomic E-state index is 11.1. The largest absolute Gasteiger partial charge is 0.445 e. The van der Waals surface area contributed by atoms with E-state index < -0.39 is 6.09 Å². The zero-order valence-corrected chi connectivity index (χ0v) is 8.04. The molecule has 76 valence electrons. The summed E-state index contributed by atoms with van der Waals surface area (Å²) in [7, 11) is 0. The summed E-state index contributed by atoms with van der Waals surface area (Å²) in [5.41, 5.74) is 0.945. The lowest BCUT2D eigenvalue weighted by Gasteiger charge is -2.03. The first-order valence-corrected chi connectivity index (χ1v) is 4.34. The Bertz CT molecular complexity index is 320. The van der Waals surface area contributed by atoms with Crippen LogP contribution in [-0.2, 0) is 11.2 Å².